The van der Waals surface area contributed by atoms with Crippen LogP contribution in [0.15, 0.2) is 70.6 Å². The van der Waals surface area contributed by atoms with Crippen molar-refractivity contribution in [2.45, 2.75) is 12.8 Å². The Morgan fingerprint density at radius 1 is 1.14 bits per heavy atom. The lowest BCUT2D eigenvalue weighted by molar-refractivity contribution is -0.116. The molecule has 0 aliphatic rings. The SMILES string of the molecule is O=C(CCc1nc(-c2cccs2)no1)Nc1cc(Cl)ccc1Oc1ccccc1. The van der Waals surface area contributed by atoms with E-state index >= 15 is 0 Å². The number of hydrogen-bond acceptors (Lipinski definition) is 6. The number of hydrogen-bond donors (Lipinski definition) is 1. The van der Waals surface area contributed by atoms with E-state index < -0.39 is 0 Å². The van der Waals surface area contributed by atoms with Crippen molar-refractivity contribution >= 4 is 34.5 Å². The van der Waals surface area contributed by atoms with Crippen LogP contribution in [0.2, 0.25) is 5.02 Å². The largest absolute Gasteiger partial charge is 0.455 e. The number of halogens is 1. The summed E-state index contributed by atoms with van der Waals surface area (Å²) in [6.07, 6.45) is 0.517. The summed E-state index contributed by atoms with van der Waals surface area (Å²) in [5.41, 5.74) is 0.496. The van der Waals surface area contributed by atoms with E-state index in [1.54, 1.807) is 18.2 Å². The van der Waals surface area contributed by atoms with Gasteiger partial charge >= 0.3 is 0 Å². The lowest BCUT2D eigenvalue weighted by atomic mass is 10.2. The van der Waals surface area contributed by atoms with Crippen molar-refractivity contribution in [2.75, 3.05) is 5.32 Å². The first-order chi connectivity index (χ1) is 14.2. The molecular formula is C21H16ClN3O3S. The molecule has 0 radical (unpaired) electrons. The van der Waals surface area contributed by atoms with Gasteiger partial charge in [-0.05, 0) is 41.8 Å². The topological polar surface area (TPSA) is 77.2 Å². The summed E-state index contributed by atoms with van der Waals surface area (Å²) in [7, 11) is 0. The lowest BCUT2D eigenvalue weighted by Crippen LogP contribution is -2.13. The monoisotopic (exact) mass is 425 g/mol. The third kappa shape index (κ3) is 5.01. The predicted molar refractivity (Wildman–Crippen MR) is 113 cm³/mol. The quantitative estimate of drug-likeness (QED) is 0.404. The van der Waals surface area contributed by atoms with Gasteiger partial charge in [-0.1, -0.05) is 41.0 Å². The fraction of sp³-hybridized carbons (Fsp3) is 0.0952. The Labute approximate surface area is 176 Å². The second kappa shape index (κ2) is 8.89. The highest BCUT2D eigenvalue weighted by atomic mass is 35.5. The van der Waals surface area contributed by atoms with E-state index in [0.717, 1.165) is 4.88 Å². The Bertz CT molecular complexity index is 1100. The van der Waals surface area contributed by atoms with Crippen molar-refractivity contribution in [3.05, 3.63) is 77.0 Å². The number of benzene rings is 2. The maximum absolute atomic E-state index is 12.4. The number of carbonyl (C=O) groups is 1. The number of nitrogens with zero attached hydrogens (tertiary/aromatic N) is 2. The molecule has 146 valence electrons. The molecule has 0 atom stereocenters. The second-order valence-corrected chi connectivity index (χ2v) is 7.48. The maximum atomic E-state index is 12.4. The van der Waals surface area contributed by atoms with Crippen LogP contribution >= 0.6 is 22.9 Å². The fourth-order valence-corrected chi connectivity index (χ4v) is 3.42. The first-order valence-electron chi connectivity index (χ1n) is 8.86. The molecule has 6 nitrogen and oxygen atoms in total. The van der Waals surface area contributed by atoms with Crippen molar-refractivity contribution in [1.29, 1.82) is 0 Å². The lowest BCUT2D eigenvalue weighted by Gasteiger charge is -2.12. The molecule has 2 aromatic carbocycles. The van der Waals surface area contributed by atoms with Crippen LogP contribution in [-0.4, -0.2) is 16.0 Å². The fourth-order valence-electron chi connectivity index (χ4n) is 2.60. The van der Waals surface area contributed by atoms with Gasteiger partial charge < -0.3 is 14.6 Å². The van der Waals surface area contributed by atoms with Gasteiger partial charge in [0, 0.05) is 17.9 Å². The number of rotatable bonds is 7. The number of nitrogens with one attached hydrogen (secondary N) is 1. The first-order valence-corrected chi connectivity index (χ1v) is 10.1. The van der Waals surface area contributed by atoms with Gasteiger partial charge in [-0.2, -0.15) is 4.98 Å². The zero-order chi connectivity index (χ0) is 20.1. The molecule has 0 aliphatic heterocycles. The number of aromatic nitrogens is 2. The Morgan fingerprint density at radius 3 is 2.79 bits per heavy atom. The predicted octanol–water partition coefficient (Wildman–Crippen LogP) is 5.82. The van der Waals surface area contributed by atoms with E-state index in [1.165, 1.54) is 11.3 Å². The molecule has 2 aromatic heterocycles. The normalized spacial score (nSPS) is 10.7. The Kier molecular flexibility index (Phi) is 5.88. The average Bonchev–Trinajstić information content (AvgIpc) is 3.41. The standard InChI is InChI=1S/C21H16ClN3O3S/c22-14-8-9-17(27-15-5-2-1-3-6-15)16(13-14)23-19(26)10-11-20-24-21(25-28-20)18-7-4-12-29-18/h1-9,12-13H,10-11H2,(H,23,26). The van der Waals surface area contributed by atoms with Crippen molar-refractivity contribution in [3.8, 4) is 22.2 Å². The molecule has 4 rings (SSSR count). The van der Waals surface area contributed by atoms with Crippen molar-refractivity contribution in [1.82, 2.24) is 10.1 Å². The molecule has 4 aromatic rings. The second-order valence-electron chi connectivity index (χ2n) is 6.09. The number of aryl methyl sites for hydroxylation is 1. The Hall–Kier alpha value is -3.16. The number of ether oxygens (including phenoxy) is 1. The highest BCUT2D eigenvalue weighted by Gasteiger charge is 2.13. The van der Waals surface area contributed by atoms with Crippen LogP contribution in [0.3, 0.4) is 0 Å². The highest BCUT2D eigenvalue weighted by Crippen LogP contribution is 2.32. The molecule has 0 fully saturated rings. The summed E-state index contributed by atoms with van der Waals surface area (Å²) >= 11 is 7.62. The van der Waals surface area contributed by atoms with Gasteiger partial charge in [-0.3, -0.25) is 4.79 Å². The molecule has 1 amide bonds. The molecule has 0 saturated heterocycles. The summed E-state index contributed by atoms with van der Waals surface area (Å²) in [6.45, 7) is 0. The first kappa shape index (κ1) is 19.2. The van der Waals surface area contributed by atoms with Gasteiger partial charge in [-0.15, -0.1) is 11.3 Å². The zero-order valence-electron chi connectivity index (χ0n) is 15.2. The molecule has 0 aliphatic carbocycles. The van der Waals surface area contributed by atoms with Crippen molar-refractivity contribution < 1.29 is 14.1 Å². The van der Waals surface area contributed by atoms with Crippen molar-refractivity contribution in [3.63, 3.8) is 0 Å². The summed E-state index contributed by atoms with van der Waals surface area (Å²) < 4.78 is 11.1. The molecule has 2 heterocycles. The minimum atomic E-state index is -0.207. The molecule has 8 heteroatoms. The number of para-hydroxylation sites is 1. The van der Waals surface area contributed by atoms with Crippen LogP contribution in [-0.2, 0) is 11.2 Å². The molecule has 0 spiro atoms. The summed E-state index contributed by atoms with van der Waals surface area (Å²) in [4.78, 5) is 17.7. The number of anilines is 1. The van der Waals surface area contributed by atoms with Gasteiger partial charge in [0.2, 0.25) is 17.6 Å². The van der Waals surface area contributed by atoms with Crippen molar-refractivity contribution in [2.24, 2.45) is 0 Å². The smallest absolute Gasteiger partial charge is 0.227 e. The molecular weight excluding hydrogens is 410 g/mol. The summed E-state index contributed by atoms with van der Waals surface area (Å²) in [5, 5.41) is 9.23. The Balaban J connectivity index is 1.40. The van der Waals surface area contributed by atoms with E-state index in [0.29, 0.717) is 40.3 Å². The third-order valence-corrected chi connectivity index (χ3v) is 5.06. The van der Waals surface area contributed by atoms with Crippen LogP contribution in [0.4, 0.5) is 5.69 Å². The van der Waals surface area contributed by atoms with E-state index in [1.807, 2.05) is 47.8 Å². The minimum absolute atomic E-state index is 0.184. The molecule has 0 bridgehead atoms. The third-order valence-electron chi connectivity index (χ3n) is 3.96. The van der Waals surface area contributed by atoms with Gasteiger partial charge in [0.25, 0.3) is 0 Å². The zero-order valence-corrected chi connectivity index (χ0v) is 16.7. The molecule has 0 saturated carbocycles. The van der Waals surface area contributed by atoms with E-state index in [-0.39, 0.29) is 12.3 Å². The summed E-state index contributed by atoms with van der Waals surface area (Å²) in [6, 6.07) is 18.2. The molecule has 1 N–H and O–H groups in total. The van der Waals surface area contributed by atoms with Crippen LogP contribution in [0.1, 0.15) is 12.3 Å². The number of carbonyl (C=O) groups excluding carboxylic acids is 1. The highest BCUT2D eigenvalue weighted by molar-refractivity contribution is 7.13. The van der Waals surface area contributed by atoms with E-state index in [4.69, 9.17) is 20.9 Å². The minimum Gasteiger partial charge on any atom is -0.455 e. The summed E-state index contributed by atoms with van der Waals surface area (Å²) in [5.74, 6) is 1.91. The number of amides is 1. The van der Waals surface area contributed by atoms with Crippen LogP contribution in [0, 0.1) is 0 Å². The van der Waals surface area contributed by atoms with Gasteiger partial charge in [0.1, 0.15) is 5.75 Å². The molecule has 0 unspecified atom stereocenters. The van der Waals surface area contributed by atoms with E-state index in [9.17, 15) is 4.79 Å². The van der Waals surface area contributed by atoms with Gasteiger partial charge in [0.15, 0.2) is 5.75 Å². The Morgan fingerprint density at radius 2 is 2.00 bits per heavy atom. The maximum Gasteiger partial charge on any atom is 0.227 e. The average molecular weight is 426 g/mol. The van der Waals surface area contributed by atoms with Gasteiger partial charge in [0.05, 0.1) is 10.6 Å². The van der Waals surface area contributed by atoms with Crippen LogP contribution in [0.25, 0.3) is 10.7 Å². The number of thiophene rings is 1. The van der Waals surface area contributed by atoms with Crippen LogP contribution in [0.5, 0.6) is 11.5 Å². The van der Waals surface area contributed by atoms with Crippen LogP contribution < -0.4 is 10.1 Å². The van der Waals surface area contributed by atoms with E-state index in [2.05, 4.69) is 15.5 Å². The molecule has 29 heavy (non-hydrogen) atoms. The van der Waals surface area contributed by atoms with Gasteiger partial charge in [-0.25, -0.2) is 0 Å².